The molecule has 3 aromatic rings. The van der Waals surface area contributed by atoms with Gasteiger partial charge in [-0.05, 0) is 41.8 Å². The second-order valence-corrected chi connectivity index (χ2v) is 10.3. The Labute approximate surface area is 226 Å². The summed E-state index contributed by atoms with van der Waals surface area (Å²) in [5.41, 5.74) is 3.19. The van der Waals surface area contributed by atoms with E-state index in [0.29, 0.717) is 11.4 Å². The number of carboxylic acid groups (broad SMARTS) is 1. The molecule has 1 aliphatic heterocycles. The van der Waals surface area contributed by atoms with Crippen molar-refractivity contribution in [1.29, 1.82) is 0 Å². The van der Waals surface area contributed by atoms with Crippen molar-refractivity contribution in [3.05, 3.63) is 89.6 Å². The zero-order chi connectivity index (χ0) is 26.9. The number of nitrogens with zero attached hydrogens (tertiary/aromatic N) is 1. The van der Waals surface area contributed by atoms with E-state index < -0.39 is 12.3 Å². The number of nitrogens with one attached hydrogen (secondary N) is 1. The van der Waals surface area contributed by atoms with Gasteiger partial charge in [0, 0.05) is 42.0 Å². The van der Waals surface area contributed by atoms with E-state index in [1.165, 1.54) is 0 Å². The standard InChI is InChI=1S/C29H32N2O6S/c1-19-24(18-38-26-9-2-3-15-30-26)36-29(37-28(19)21-13-11-20(17-32)12-14-21)22-6-4-7-23(16-22)31-25(33)8-5-10-27(34)35/h2-4,6-7,9,11-16,19,24,28-29,32H,5,8,10,17-18H2,1H3,(H,31,33)(H,34,35)/t19-,24+,28+,29+/m1/s1. The third-order valence-electron chi connectivity index (χ3n) is 6.39. The number of hydrogen-bond acceptors (Lipinski definition) is 7. The highest BCUT2D eigenvalue weighted by Crippen LogP contribution is 2.43. The van der Waals surface area contributed by atoms with Gasteiger partial charge >= 0.3 is 5.97 Å². The number of thioether (sulfide) groups is 1. The number of benzene rings is 2. The second-order valence-electron chi connectivity index (χ2n) is 9.22. The topological polar surface area (TPSA) is 118 Å². The zero-order valence-corrected chi connectivity index (χ0v) is 22.0. The van der Waals surface area contributed by atoms with Gasteiger partial charge in [-0.3, -0.25) is 9.59 Å². The number of aliphatic hydroxyl groups is 1. The van der Waals surface area contributed by atoms with Crippen molar-refractivity contribution in [3.8, 4) is 0 Å². The van der Waals surface area contributed by atoms with E-state index in [0.717, 1.165) is 21.7 Å². The van der Waals surface area contributed by atoms with Gasteiger partial charge in [0.25, 0.3) is 0 Å². The average molecular weight is 537 g/mol. The highest BCUT2D eigenvalue weighted by molar-refractivity contribution is 7.99. The van der Waals surface area contributed by atoms with Crippen LogP contribution in [0.15, 0.2) is 78.0 Å². The van der Waals surface area contributed by atoms with E-state index in [1.807, 2.05) is 60.7 Å². The van der Waals surface area contributed by atoms with Gasteiger partial charge in [-0.2, -0.15) is 0 Å². The highest BCUT2D eigenvalue weighted by atomic mass is 32.2. The molecule has 4 rings (SSSR count). The van der Waals surface area contributed by atoms with Crippen LogP contribution in [0, 0.1) is 5.92 Å². The minimum Gasteiger partial charge on any atom is -0.481 e. The number of amides is 1. The molecule has 8 nitrogen and oxygen atoms in total. The molecule has 2 heterocycles. The van der Waals surface area contributed by atoms with Crippen LogP contribution in [0.3, 0.4) is 0 Å². The Morgan fingerprint density at radius 2 is 1.82 bits per heavy atom. The van der Waals surface area contributed by atoms with Gasteiger partial charge in [-0.15, -0.1) is 11.8 Å². The number of aliphatic hydroxyl groups excluding tert-OH is 1. The van der Waals surface area contributed by atoms with Crippen molar-refractivity contribution in [1.82, 2.24) is 4.98 Å². The molecule has 200 valence electrons. The molecule has 0 unspecified atom stereocenters. The molecule has 4 atom stereocenters. The Balaban J connectivity index is 1.52. The molecular weight excluding hydrogens is 504 g/mol. The number of aliphatic carboxylic acids is 1. The first-order chi connectivity index (χ1) is 18.4. The predicted molar refractivity (Wildman–Crippen MR) is 144 cm³/mol. The minimum absolute atomic E-state index is 0.0226. The summed E-state index contributed by atoms with van der Waals surface area (Å²) in [6.07, 6.45) is 1.08. The Bertz CT molecular complexity index is 1210. The van der Waals surface area contributed by atoms with E-state index in [1.54, 1.807) is 24.0 Å². The van der Waals surface area contributed by atoms with E-state index in [4.69, 9.17) is 14.6 Å². The lowest BCUT2D eigenvalue weighted by Gasteiger charge is -2.41. The summed E-state index contributed by atoms with van der Waals surface area (Å²) in [4.78, 5) is 27.4. The number of aromatic nitrogens is 1. The number of hydrogen-bond donors (Lipinski definition) is 3. The first kappa shape index (κ1) is 27.8. The third-order valence-corrected chi connectivity index (χ3v) is 7.43. The molecule has 0 aliphatic carbocycles. The fourth-order valence-corrected chi connectivity index (χ4v) is 5.32. The lowest BCUT2D eigenvalue weighted by molar-refractivity contribution is -0.268. The summed E-state index contributed by atoms with van der Waals surface area (Å²) in [6.45, 7) is 2.09. The first-order valence-corrected chi connectivity index (χ1v) is 13.6. The van der Waals surface area contributed by atoms with Crippen molar-refractivity contribution >= 4 is 29.3 Å². The zero-order valence-electron chi connectivity index (χ0n) is 21.2. The molecule has 1 aliphatic rings. The number of anilines is 1. The van der Waals surface area contributed by atoms with Gasteiger partial charge in [-0.25, -0.2) is 4.98 Å². The molecule has 1 aromatic heterocycles. The summed E-state index contributed by atoms with van der Waals surface area (Å²) >= 11 is 1.63. The summed E-state index contributed by atoms with van der Waals surface area (Å²) in [5, 5.41) is 22.0. The molecule has 0 saturated carbocycles. The Morgan fingerprint density at radius 1 is 1.00 bits per heavy atom. The van der Waals surface area contributed by atoms with Crippen LogP contribution in [-0.2, 0) is 25.7 Å². The smallest absolute Gasteiger partial charge is 0.303 e. The van der Waals surface area contributed by atoms with Gasteiger partial charge in [0.1, 0.15) is 0 Å². The van der Waals surface area contributed by atoms with Crippen LogP contribution in [0.5, 0.6) is 0 Å². The van der Waals surface area contributed by atoms with Gasteiger partial charge in [0.2, 0.25) is 5.91 Å². The summed E-state index contributed by atoms with van der Waals surface area (Å²) < 4.78 is 13.0. The largest absolute Gasteiger partial charge is 0.481 e. The molecule has 3 N–H and O–H groups in total. The maximum absolute atomic E-state index is 12.3. The number of carboxylic acids is 1. The lowest BCUT2D eigenvalue weighted by Crippen LogP contribution is -2.38. The maximum atomic E-state index is 12.3. The Morgan fingerprint density at radius 3 is 2.53 bits per heavy atom. The predicted octanol–water partition coefficient (Wildman–Crippen LogP) is 5.35. The molecule has 0 spiro atoms. The number of pyridine rings is 1. The number of ether oxygens (including phenoxy) is 2. The fraction of sp³-hybridized carbons (Fsp3) is 0.345. The number of rotatable bonds is 11. The normalized spacial score (nSPS) is 21.1. The SMILES string of the molecule is C[C@@H]1[C@H](CSc2ccccn2)O[C@H](c2cccc(NC(=O)CCCC(=O)O)c2)O[C@@H]1c1ccc(CO)cc1. The van der Waals surface area contributed by atoms with Gasteiger partial charge < -0.3 is 25.0 Å². The molecule has 2 aromatic carbocycles. The van der Waals surface area contributed by atoms with Gasteiger partial charge in [0.05, 0.1) is 23.8 Å². The Hall–Kier alpha value is -3.24. The van der Waals surface area contributed by atoms with Gasteiger partial charge in [-0.1, -0.05) is 49.4 Å². The van der Waals surface area contributed by atoms with Crippen LogP contribution in [0.4, 0.5) is 5.69 Å². The molecule has 0 radical (unpaired) electrons. The quantitative estimate of drug-likeness (QED) is 0.281. The van der Waals surface area contributed by atoms with Crippen molar-refractivity contribution in [2.75, 3.05) is 11.1 Å². The van der Waals surface area contributed by atoms with Crippen molar-refractivity contribution in [3.63, 3.8) is 0 Å². The van der Waals surface area contributed by atoms with Crippen LogP contribution in [-0.4, -0.2) is 38.9 Å². The third kappa shape index (κ3) is 7.64. The number of carbonyl (C=O) groups is 2. The van der Waals surface area contributed by atoms with Crippen LogP contribution < -0.4 is 5.32 Å². The van der Waals surface area contributed by atoms with E-state index in [-0.39, 0.29) is 49.9 Å². The lowest BCUT2D eigenvalue weighted by atomic mass is 9.91. The molecule has 9 heteroatoms. The summed E-state index contributed by atoms with van der Waals surface area (Å²) in [5.74, 6) is -0.436. The molecular formula is C29H32N2O6S. The summed E-state index contributed by atoms with van der Waals surface area (Å²) in [7, 11) is 0. The van der Waals surface area contributed by atoms with Crippen LogP contribution in [0.1, 0.15) is 55.3 Å². The van der Waals surface area contributed by atoms with Gasteiger partial charge in [0.15, 0.2) is 6.29 Å². The Kier molecular flexibility index (Phi) is 9.89. The van der Waals surface area contributed by atoms with Crippen LogP contribution >= 0.6 is 11.8 Å². The fourth-order valence-electron chi connectivity index (χ4n) is 4.30. The van der Waals surface area contributed by atoms with E-state index in [2.05, 4.69) is 17.2 Å². The second kappa shape index (κ2) is 13.5. The molecule has 0 bridgehead atoms. The molecule has 1 saturated heterocycles. The molecule has 1 fully saturated rings. The first-order valence-electron chi connectivity index (χ1n) is 12.6. The maximum Gasteiger partial charge on any atom is 0.303 e. The average Bonchev–Trinajstić information content (AvgIpc) is 2.93. The van der Waals surface area contributed by atoms with Crippen LogP contribution in [0.2, 0.25) is 0 Å². The van der Waals surface area contributed by atoms with Crippen molar-refractivity contribution < 1.29 is 29.3 Å². The summed E-state index contributed by atoms with van der Waals surface area (Å²) in [6, 6.07) is 20.9. The monoisotopic (exact) mass is 536 g/mol. The van der Waals surface area contributed by atoms with Crippen molar-refractivity contribution in [2.45, 2.75) is 56.3 Å². The van der Waals surface area contributed by atoms with E-state index >= 15 is 0 Å². The molecule has 38 heavy (non-hydrogen) atoms. The van der Waals surface area contributed by atoms with E-state index in [9.17, 15) is 14.7 Å². The van der Waals surface area contributed by atoms with Crippen molar-refractivity contribution in [2.24, 2.45) is 5.92 Å². The highest BCUT2D eigenvalue weighted by Gasteiger charge is 2.38. The van der Waals surface area contributed by atoms with Crippen LogP contribution in [0.25, 0.3) is 0 Å². The molecule has 1 amide bonds. The minimum atomic E-state index is -0.920. The number of carbonyl (C=O) groups excluding carboxylic acids is 1.